The van der Waals surface area contributed by atoms with Crippen molar-refractivity contribution < 1.29 is 9.53 Å². The quantitative estimate of drug-likeness (QED) is 0.798. The van der Waals surface area contributed by atoms with E-state index in [0.717, 1.165) is 24.2 Å². The predicted molar refractivity (Wildman–Crippen MR) is 104 cm³/mol. The maximum absolute atomic E-state index is 12.5. The van der Waals surface area contributed by atoms with Gasteiger partial charge in [-0.15, -0.1) is 0 Å². The number of benzene rings is 2. The molecule has 0 aromatic heterocycles. The Morgan fingerprint density at radius 1 is 1.15 bits per heavy atom. The number of methoxy groups -OCH3 is 1. The Morgan fingerprint density at radius 3 is 2.58 bits per heavy atom. The zero-order valence-corrected chi connectivity index (χ0v) is 15.4. The van der Waals surface area contributed by atoms with Crippen LogP contribution in [-0.4, -0.2) is 19.6 Å². The second kappa shape index (κ2) is 8.37. The molecule has 0 spiro atoms. The molecule has 0 saturated heterocycles. The molecule has 0 bridgehead atoms. The highest BCUT2D eigenvalue weighted by molar-refractivity contribution is 5.77. The summed E-state index contributed by atoms with van der Waals surface area (Å²) in [6.45, 7) is 0.653. The fraction of sp³-hybridized carbons (Fsp3) is 0.409. The molecule has 0 heterocycles. The Hall–Kier alpha value is -2.33. The molecule has 1 saturated carbocycles. The molecule has 138 valence electrons. The van der Waals surface area contributed by atoms with E-state index < -0.39 is 0 Å². The van der Waals surface area contributed by atoms with Crippen molar-refractivity contribution in [3.63, 3.8) is 0 Å². The first-order valence-electron chi connectivity index (χ1n) is 9.35. The minimum Gasteiger partial charge on any atom is -0.497 e. The van der Waals surface area contributed by atoms with Gasteiger partial charge in [0.15, 0.2) is 0 Å². The summed E-state index contributed by atoms with van der Waals surface area (Å²) in [5, 5.41) is 3.14. The van der Waals surface area contributed by atoms with Crippen molar-refractivity contribution in [3.05, 3.63) is 65.7 Å². The standard InChI is InChI=1S/C22H28N2O2/c1-26-19-11-7-10-18(14-19)22(12-5-6-13-22)16-24-21(25)15-20(23)17-8-3-2-4-9-17/h2-4,7-11,14,20H,5-6,12-13,15-16,23H2,1H3,(H,24,25). The number of nitrogens with one attached hydrogen (secondary N) is 1. The fourth-order valence-electron chi connectivity index (χ4n) is 3.93. The summed E-state index contributed by atoms with van der Waals surface area (Å²) in [5.41, 5.74) is 8.43. The summed E-state index contributed by atoms with van der Waals surface area (Å²) in [7, 11) is 1.69. The van der Waals surface area contributed by atoms with Crippen LogP contribution in [0.25, 0.3) is 0 Å². The first kappa shape index (κ1) is 18.5. The van der Waals surface area contributed by atoms with Crippen LogP contribution in [0.1, 0.15) is 49.3 Å². The number of nitrogens with two attached hydrogens (primary N) is 1. The maximum atomic E-state index is 12.5. The molecule has 0 radical (unpaired) electrons. The zero-order valence-electron chi connectivity index (χ0n) is 15.4. The van der Waals surface area contributed by atoms with Crippen LogP contribution in [0.2, 0.25) is 0 Å². The number of carbonyl (C=O) groups is 1. The lowest BCUT2D eigenvalue weighted by Gasteiger charge is -2.30. The Kier molecular flexibility index (Phi) is 5.94. The van der Waals surface area contributed by atoms with Crippen molar-refractivity contribution >= 4 is 5.91 Å². The molecule has 4 heteroatoms. The van der Waals surface area contributed by atoms with E-state index >= 15 is 0 Å². The number of hydrogen-bond donors (Lipinski definition) is 2. The Bertz CT molecular complexity index is 724. The third kappa shape index (κ3) is 4.25. The van der Waals surface area contributed by atoms with E-state index in [1.165, 1.54) is 18.4 Å². The summed E-state index contributed by atoms with van der Waals surface area (Å²) in [5.74, 6) is 0.877. The summed E-state index contributed by atoms with van der Waals surface area (Å²) < 4.78 is 5.38. The molecule has 0 aliphatic heterocycles. The molecule has 26 heavy (non-hydrogen) atoms. The molecule has 1 fully saturated rings. The molecule has 3 N–H and O–H groups in total. The third-order valence-electron chi connectivity index (χ3n) is 5.50. The number of amides is 1. The van der Waals surface area contributed by atoms with Crippen molar-refractivity contribution in [2.45, 2.75) is 43.6 Å². The molecule has 1 aliphatic rings. The van der Waals surface area contributed by atoms with Crippen molar-refractivity contribution in [1.29, 1.82) is 0 Å². The van der Waals surface area contributed by atoms with Crippen LogP contribution < -0.4 is 15.8 Å². The molecule has 4 nitrogen and oxygen atoms in total. The van der Waals surface area contributed by atoms with Crippen molar-refractivity contribution in [1.82, 2.24) is 5.32 Å². The molecule has 1 amide bonds. The average molecular weight is 352 g/mol. The van der Waals surface area contributed by atoms with Crippen molar-refractivity contribution in [2.24, 2.45) is 5.73 Å². The van der Waals surface area contributed by atoms with E-state index in [1.807, 2.05) is 42.5 Å². The van der Waals surface area contributed by atoms with Gasteiger partial charge in [0.25, 0.3) is 0 Å². The molecule has 1 atom stereocenters. The van der Waals surface area contributed by atoms with Crippen molar-refractivity contribution in [3.8, 4) is 5.75 Å². The third-order valence-corrected chi connectivity index (χ3v) is 5.50. The highest BCUT2D eigenvalue weighted by Crippen LogP contribution is 2.41. The van der Waals surface area contributed by atoms with E-state index in [1.54, 1.807) is 7.11 Å². The average Bonchev–Trinajstić information content (AvgIpc) is 3.17. The van der Waals surface area contributed by atoms with Gasteiger partial charge in [-0.25, -0.2) is 0 Å². The van der Waals surface area contributed by atoms with Crippen LogP contribution in [0.4, 0.5) is 0 Å². The van der Waals surface area contributed by atoms with Crippen LogP contribution in [0.5, 0.6) is 5.75 Å². The van der Waals surface area contributed by atoms with E-state index in [4.69, 9.17) is 10.5 Å². The van der Waals surface area contributed by atoms with Gasteiger partial charge in [-0.2, -0.15) is 0 Å². The fourth-order valence-corrected chi connectivity index (χ4v) is 3.93. The Labute approximate surface area is 155 Å². The first-order chi connectivity index (χ1) is 12.6. The van der Waals surface area contributed by atoms with Gasteiger partial charge in [0.2, 0.25) is 5.91 Å². The predicted octanol–water partition coefficient (Wildman–Crippen LogP) is 3.71. The van der Waals surface area contributed by atoms with Gasteiger partial charge in [0, 0.05) is 24.4 Å². The van der Waals surface area contributed by atoms with Gasteiger partial charge in [-0.05, 0) is 36.1 Å². The maximum Gasteiger partial charge on any atom is 0.221 e. The number of carbonyl (C=O) groups excluding carboxylic acids is 1. The summed E-state index contributed by atoms with van der Waals surface area (Å²) in [4.78, 5) is 12.5. The van der Waals surface area contributed by atoms with Gasteiger partial charge in [0.1, 0.15) is 5.75 Å². The van der Waals surface area contributed by atoms with Gasteiger partial charge in [0.05, 0.1) is 7.11 Å². The Morgan fingerprint density at radius 2 is 1.88 bits per heavy atom. The highest BCUT2D eigenvalue weighted by Gasteiger charge is 2.36. The van der Waals surface area contributed by atoms with E-state index in [2.05, 4.69) is 17.4 Å². The molecular formula is C22H28N2O2. The van der Waals surface area contributed by atoms with Gasteiger partial charge in [-0.1, -0.05) is 55.3 Å². The van der Waals surface area contributed by atoms with Gasteiger partial charge in [-0.3, -0.25) is 4.79 Å². The SMILES string of the molecule is COc1cccc(C2(CNC(=O)CC(N)c3ccccc3)CCCC2)c1. The lowest BCUT2D eigenvalue weighted by molar-refractivity contribution is -0.121. The van der Waals surface area contributed by atoms with Gasteiger partial charge >= 0.3 is 0 Å². The first-order valence-corrected chi connectivity index (χ1v) is 9.35. The summed E-state index contributed by atoms with van der Waals surface area (Å²) >= 11 is 0. The number of rotatable bonds is 7. The molecule has 1 aliphatic carbocycles. The Balaban J connectivity index is 1.64. The summed E-state index contributed by atoms with van der Waals surface area (Å²) in [6.07, 6.45) is 4.86. The molecular weight excluding hydrogens is 324 g/mol. The van der Waals surface area contributed by atoms with E-state index in [9.17, 15) is 4.79 Å². The van der Waals surface area contributed by atoms with Crippen LogP contribution in [0.3, 0.4) is 0 Å². The normalized spacial score (nSPS) is 16.8. The molecule has 1 unspecified atom stereocenters. The molecule has 2 aromatic carbocycles. The van der Waals surface area contributed by atoms with Crippen molar-refractivity contribution in [2.75, 3.05) is 13.7 Å². The van der Waals surface area contributed by atoms with Crippen LogP contribution in [0.15, 0.2) is 54.6 Å². The van der Waals surface area contributed by atoms with E-state index in [-0.39, 0.29) is 17.4 Å². The topological polar surface area (TPSA) is 64.3 Å². The smallest absolute Gasteiger partial charge is 0.221 e. The van der Waals surface area contributed by atoms with Crippen LogP contribution >= 0.6 is 0 Å². The zero-order chi connectivity index (χ0) is 18.4. The van der Waals surface area contributed by atoms with E-state index in [0.29, 0.717) is 13.0 Å². The lowest BCUT2D eigenvalue weighted by atomic mass is 9.78. The second-order valence-electron chi connectivity index (χ2n) is 7.22. The monoisotopic (exact) mass is 352 g/mol. The number of hydrogen-bond acceptors (Lipinski definition) is 3. The second-order valence-corrected chi connectivity index (χ2v) is 7.22. The summed E-state index contributed by atoms with van der Waals surface area (Å²) in [6, 6.07) is 17.8. The largest absolute Gasteiger partial charge is 0.497 e. The molecule has 2 aromatic rings. The van der Waals surface area contributed by atoms with Crippen LogP contribution in [0, 0.1) is 0 Å². The van der Waals surface area contributed by atoms with Gasteiger partial charge < -0.3 is 15.8 Å². The lowest BCUT2D eigenvalue weighted by Crippen LogP contribution is -2.39. The molecule has 3 rings (SSSR count). The highest BCUT2D eigenvalue weighted by atomic mass is 16.5. The minimum absolute atomic E-state index is 0.00103. The number of ether oxygens (including phenoxy) is 1. The minimum atomic E-state index is -0.271. The van der Waals surface area contributed by atoms with Crippen LogP contribution in [-0.2, 0) is 10.2 Å².